The highest BCUT2D eigenvalue weighted by molar-refractivity contribution is 7.46. The van der Waals surface area contributed by atoms with Crippen molar-refractivity contribution in [3.63, 3.8) is 0 Å². The van der Waals surface area contributed by atoms with Gasteiger partial charge < -0.3 is 37.8 Å². The summed E-state index contributed by atoms with van der Waals surface area (Å²) in [5.74, 6) is 0. The van der Waals surface area contributed by atoms with E-state index in [-0.39, 0.29) is 6.29 Å². The van der Waals surface area contributed by atoms with Crippen LogP contribution >= 0.6 is 15.6 Å². The lowest BCUT2D eigenvalue weighted by Gasteiger charge is -2.32. The number of carbonyl (C=O) groups excluding carboxylic acids is 1. The summed E-state index contributed by atoms with van der Waals surface area (Å²) < 4.78 is 40.8. The minimum atomic E-state index is -4.81. The first-order valence-electron chi connectivity index (χ1n) is 6.67. The predicted octanol–water partition coefficient (Wildman–Crippen LogP) is -0.0609. The van der Waals surface area contributed by atoms with Gasteiger partial charge in [0.15, 0.2) is 0 Å². The number of hydrogen-bond acceptors (Lipinski definition) is 10. The molecule has 0 spiro atoms. The number of phosphoric acid groups is 2. The van der Waals surface area contributed by atoms with Crippen LogP contribution in [0.2, 0.25) is 0 Å². The Kier molecular flexibility index (Phi) is 9.92. The quantitative estimate of drug-likeness (QED) is 0.362. The van der Waals surface area contributed by atoms with Crippen LogP contribution in [0.4, 0.5) is 0 Å². The minimum Gasteiger partial charge on any atom is -0.756 e. The molecule has 0 saturated heterocycles. The van der Waals surface area contributed by atoms with Crippen molar-refractivity contribution in [2.24, 2.45) is 0 Å². The van der Waals surface area contributed by atoms with E-state index >= 15 is 0 Å². The van der Waals surface area contributed by atoms with Crippen molar-refractivity contribution >= 4 is 21.9 Å². The maximum Gasteiger partial charge on any atom is 0.268 e. The van der Waals surface area contributed by atoms with E-state index in [0.717, 1.165) is 0 Å². The van der Waals surface area contributed by atoms with Crippen LogP contribution in [0, 0.1) is 6.42 Å². The topological polar surface area (TPSA) is 154 Å². The molecule has 4 atom stereocenters. The number of aliphatic hydroxyl groups excluding tert-OH is 1. The van der Waals surface area contributed by atoms with Crippen LogP contribution in [0.1, 0.15) is 27.7 Å². The highest BCUT2D eigenvalue weighted by atomic mass is 31.2. The molecule has 0 aliphatic rings. The highest BCUT2D eigenvalue weighted by Gasteiger charge is 2.27. The van der Waals surface area contributed by atoms with E-state index in [0.29, 0.717) is 6.42 Å². The fourth-order valence-electron chi connectivity index (χ4n) is 1.29. The van der Waals surface area contributed by atoms with Gasteiger partial charge in [0.25, 0.3) is 15.6 Å². The Hall–Kier alpha value is -0.150. The zero-order chi connectivity index (χ0) is 18.3. The van der Waals surface area contributed by atoms with Gasteiger partial charge in [0.05, 0.1) is 25.2 Å². The predicted molar refractivity (Wildman–Crippen MR) is 74.9 cm³/mol. The fourth-order valence-corrected chi connectivity index (χ4v) is 3.28. The Morgan fingerprint density at radius 3 is 1.91 bits per heavy atom. The van der Waals surface area contributed by atoms with Gasteiger partial charge in [0.2, 0.25) is 0 Å². The van der Waals surface area contributed by atoms with Crippen LogP contribution in [0.15, 0.2) is 0 Å². The van der Waals surface area contributed by atoms with Gasteiger partial charge in [-0.2, -0.15) is 0 Å². The summed E-state index contributed by atoms with van der Waals surface area (Å²) in [6.07, 6.45) is -3.97. The van der Waals surface area contributed by atoms with Gasteiger partial charge in [-0.15, -0.1) is 0 Å². The monoisotopic (exact) mass is 375 g/mol. The Balaban J connectivity index is 4.74. The van der Waals surface area contributed by atoms with Gasteiger partial charge in [0, 0.05) is 0 Å². The molecule has 0 heterocycles. The lowest BCUT2D eigenvalue weighted by molar-refractivity contribution is -0.237. The maximum atomic E-state index is 11.5. The highest BCUT2D eigenvalue weighted by Crippen LogP contribution is 2.43. The summed E-state index contributed by atoms with van der Waals surface area (Å²) in [7, 11) is -9.49. The largest absolute Gasteiger partial charge is 0.756 e. The van der Waals surface area contributed by atoms with Crippen LogP contribution in [-0.2, 0) is 32.0 Å². The molecule has 0 aromatic carbocycles. The van der Waals surface area contributed by atoms with Crippen molar-refractivity contribution in [1.82, 2.24) is 0 Å². The average molecular weight is 375 g/mol. The van der Waals surface area contributed by atoms with Crippen LogP contribution < -0.4 is 9.79 Å². The number of phosphoric ester groups is 2. The Morgan fingerprint density at radius 1 is 1.00 bits per heavy atom. The minimum absolute atomic E-state index is 0.185. The van der Waals surface area contributed by atoms with E-state index in [9.17, 15) is 28.8 Å². The van der Waals surface area contributed by atoms with Gasteiger partial charge in [0.1, 0.15) is 18.5 Å². The molecule has 0 saturated carbocycles. The van der Waals surface area contributed by atoms with Crippen LogP contribution in [0.3, 0.4) is 0 Å². The van der Waals surface area contributed by atoms with Gasteiger partial charge >= 0.3 is 0 Å². The molecule has 0 aliphatic heterocycles. The van der Waals surface area contributed by atoms with Gasteiger partial charge in [-0.1, -0.05) is 0 Å². The van der Waals surface area contributed by atoms with Crippen molar-refractivity contribution in [1.29, 1.82) is 0 Å². The number of hydrogen-bond donors (Lipinski definition) is 1. The third-order valence-electron chi connectivity index (χ3n) is 1.98. The fraction of sp³-hybridized carbons (Fsp3) is 0.818. The van der Waals surface area contributed by atoms with E-state index in [1.807, 2.05) is 0 Å². The number of aldehydes is 1. The molecule has 0 rings (SSSR count). The van der Waals surface area contributed by atoms with Gasteiger partial charge in [-0.05, 0) is 27.7 Å². The van der Waals surface area contributed by atoms with Gasteiger partial charge in [-0.25, -0.2) is 0 Å². The molecule has 0 fully saturated rings. The molecule has 0 aromatic rings. The lowest BCUT2D eigenvalue weighted by Crippen LogP contribution is -2.35. The smallest absolute Gasteiger partial charge is 0.268 e. The second-order valence-corrected chi connectivity index (χ2v) is 7.64. The summed E-state index contributed by atoms with van der Waals surface area (Å²) in [4.78, 5) is 33.4. The molecule has 0 amide bonds. The van der Waals surface area contributed by atoms with E-state index in [4.69, 9.17) is 0 Å². The van der Waals surface area contributed by atoms with Crippen LogP contribution in [0.25, 0.3) is 0 Å². The van der Waals surface area contributed by atoms with Crippen molar-refractivity contribution in [2.45, 2.75) is 52.1 Å². The second-order valence-electron chi connectivity index (χ2n) is 4.96. The third-order valence-corrected chi connectivity index (χ3v) is 4.31. The lowest BCUT2D eigenvalue weighted by atomic mass is 10.2. The Labute approximate surface area is 134 Å². The number of carbonyl (C=O) groups is 1. The van der Waals surface area contributed by atoms with Crippen molar-refractivity contribution in [2.75, 3.05) is 6.61 Å². The molecule has 137 valence electrons. The van der Waals surface area contributed by atoms with Crippen molar-refractivity contribution < 1.29 is 46.9 Å². The van der Waals surface area contributed by atoms with E-state index in [1.54, 1.807) is 0 Å². The SMILES string of the molecule is CC(C)OP(=O)([O-])OC[C@@H](O)C([CH]C=O)OP(=O)([O-])OC(C)C. The molecular formula is C11H21O10P2-2. The Morgan fingerprint density at radius 2 is 1.48 bits per heavy atom. The number of rotatable bonds is 12. The first-order valence-corrected chi connectivity index (χ1v) is 9.59. The van der Waals surface area contributed by atoms with Gasteiger partial charge in [-0.3, -0.25) is 9.13 Å². The zero-order valence-corrected chi connectivity index (χ0v) is 15.0. The number of aliphatic hydroxyl groups is 1. The molecule has 3 unspecified atom stereocenters. The summed E-state index contributed by atoms with van der Waals surface area (Å²) in [5.41, 5.74) is 0. The normalized spacial score (nSPS) is 20.0. The molecule has 0 bridgehead atoms. The van der Waals surface area contributed by atoms with Crippen LogP contribution in [-0.4, -0.2) is 42.4 Å². The molecule has 1 radical (unpaired) electrons. The van der Waals surface area contributed by atoms with Crippen LogP contribution in [0.5, 0.6) is 0 Å². The summed E-state index contributed by atoms with van der Waals surface area (Å²) in [5, 5.41) is 9.76. The molecule has 0 aromatic heterocycles. The molecule has 0 aliphatic carbocycles. The van der Waals surface area contributed by atoms with Crippen molar-refractivity contribution in [3.05, 3.63) is 6.42 Å². The summed E-state index contributed by atoms with van der Waals surface area (Å²) in [6.45, 7) is 4.90. The average Bonchev–Trinajstić information content (AvgIpc) is 2.32. The maximum absolute atomic E-state index is 11.5. The summed E-state index contributed by atoms with van der Waals surface area (Å²) >= 11 is 0. The van der Waals surface area contributed by atoms with E-state index in [2.05, 4.69) is 18.1 Å². The third kappa shape index (κ3) is 11.1. The standard InChI is InChI=1S/C11H23O10P2/c1-8(2)19-22(14,15)18-7-10(13)11(5-6-12)21-23(16,17)20-9(3)4/h5-6,8-11,13H,7H2,1-4H3,(H,14,15)(H,16,17)/p-2/t10-,11?/m1/s1. The van der Waals surface area contributed by atoms with Crippen molar-refractivity contribution in [3.8, 4) is 0 Å². The molecule has 1 N–H and O–H groups in total. The molecule has 12 heteroatoms. The summed E-state index contributed by atoms with van der Waals surface area (Å²) in [6, 6.07) is 0. The zero-order valence-electron chi connectivity index (χ0n) is 13.2. The molecule has 10 nitrogen and oxygen atoms in total. The first-order chi connectivity index (χ1) is 10.4. The van der Waals surface area contributed by atoms with E-state index < -0.39 is 46.7 Å². The molecule has 23 heavy (non-hydrogen) atoms. The second kappa shape index (κ2) is 9.98. The molecular weight excluding hydrogens is 354 g/mol. The first kappa shape index (κ1) is 22.9. The van der Waals surface area contributed by atoms with E-state index in [1.165, 1.54) is 27.7 Å². The Bertz CT molecular complexity index is 452.